The normalized spacial score (nSPS) is 11.8. The van der Waals surface area contributed by atoms with E-state index >= 15 is 0 Å². The first-order valence-corrected chi connectivity index (χ1v) is 6.17. The molecule has 0 aliphatic rings. The summed E-state index contributed by atoms with van der Waals surface area (Å²) in [4.78, 5) is 11.5. The van der Waals surface area contributed by atoms with Gasteiger partial charge in [0, 0.05) is 0 Å². The highest BCUT2D eigenvalue weighted by Crippen LogP contribution is 2.34. The Morgan fingerprint density at radius 1 is 1.59 bits per heavy atom. The summed E-state index contributed by atoms with van der Waals surface area (Å²) in [5.41, 5.74) is -0.692. The lowest BCUT2D eigenvalue weighted by atomic mass is 10.1. The van der Waals surface area contributed by atoms with Crippen LogP contribution >= 0.6 is 22.9 Å². The monoisotopic (exact) mass is 272 g/mol. The molecular weight excluding hydrogens is 263 g/mol. The van der Waals surface area contributed by atoms with Gasteiger partial charge in [-0.1, -0.05) is 11.6 Å². The molecular formula is C11H10ClFN2OS. The second kappa shape index (κ2) is 4.23. The van der Waals surface area contributed by atoms with E-state index in [0.29, 0.717) is 9.90 Å². The van der Waals surface area contributed by atoms with Crippen molar-refractivity contribution in [3.05, 3.63) is 28.5 Å². The smallest absolute Gasteiger partial charge is 0.170 e. The van der Waals surface area contributed by atoms with Crippen molar-refractivity contribution in [2.24, 2.45) is 0 Å². The number of aromatic nitrogens is 2. The molecule has 0 spiro atoms. The second-order valence-corrected chi connectivity index (χ2v) is 5.46. The summed E-state index contributed by atoms with van der Waals surface area (Å²) >= 11 is 7.24. The van der Waals surface area contributed by atoms with Crippen LogP contribution in [0.25, 0.3) is 10.6 Å². The third-order valence-corrected chi connectivity index (χ3v) is 3.73. The zero-order chi connectivity index (χ0) is 12.6. The summed E-state index contributed by atoms with van der Waals surface area (Å²) < 4.78 is 15.1. The molecule has 2 aromatic rings. The summed E-state index contributed by atoms with van der Waals surface area (Å²) in [7, 11) is 0. The van der Waals surface area contributed by atoms with E-state index in [2.05, 4.69) is 5.10 Å². The van der Waals surface area contributed by atoms with Gasteiger partial charge in [-0.3, -0.25) is 4.68 Å². The van der Waals surface area contributed by atoms with Crippen LogP contribution in [-0.2, 0) is 10.3 Å². The molecule has 0 N–H and O–H groups in total. The second-order valence-electron chi connectivity index (χ2n) is 4.14. The average molecular weight is 273 g/mol. The van der Waals surface area contributed by atoms with Crippen LogP contribution in [0.3, 0.4) is 0 Å². The maximum Gasteiger partial charge on any atom is 0.170 e. The van der Waals surface area contributed by atoms with Gasteiger partial charge in [-0.05, 0) is 25.3 Å². The van der Waals surface area contributed by atoms with Gasteiger partial charge >= 0.3 is 0 Å². The Kier molecular flexibility index (Phi) is 3.05. The van der Waals surface area contributed by atoms with Crippen molar-refractivity contribution < 1.29 is 9.18 Å². The Labute approximate surface area is 107 Å². The number of aldehydes is 1. The highest BCUT2D eigenvalue weighted by molar-refractivity contribution is 7.14. The molecule has 2 aromatic heterocycles. The summed E-state index contributed by atoms with van der Waals surface area (Å²) in [5, 5.41) is 6.32. The molecule has 0 unspecified atom stereocenters. The zero-order valence-electron chi connectivity index (χ0n) is 9.28. The van der Waals surface area contributed by atoms with Gasteiger partial charge in [-0.25, -0.2) is 4.39 Å². The minimum atomic E-state index is -0.872. The highest BCUT2D eigenvalue weighted by atomic mass is 35.5. The van der Waals surface area contributed by atoms with Crippen molar-refractivity contribution >= 4 is 29.2 Å². The van der Waals surface area contributed by atoms with Crippen LogP contribution < -0.4 is 0 Å². The lowest BCUT2D eigenvalue weighted by Gasteiger charge is -2.16. The molecule has 3 nitrogen and oxygen atoms in total. The van der Waals surface area contributed by atoms with E-state index in [1.165, 1.54) is 22.2 Å². The lowest BCUT2D eigenvalue weighted by Crippen LogP contribution is -2.28. The van der Waals surface area contributed by atoms with Crippen molar-refractivity contribution in [1.29, 1.82) is 0 Å². The van der Waals surface area contributed by atoms with Crippen LogP contribution in [0.15, 0.2) is 17.6 Å². The molecule has 0 bridgehead atoms. The van der Waals surface area contributed by atoms with Crippen LogP contribution in [-0.4, -0.2) is 16.1 Å². The van der Waals surface area contributed by atoms with E-state index in [4.69, 9.17) is 11.6 Å². The van der Waals surface area contributed by atoms with Gasteiger partial charge in [0.2, 0.25) is 0 Å². The predicted octanol–water partition coefficient (Wildman–Crippen LogP) is 3.34. The predicted molar refractivity (Wildman–Crippen MR) is 65.9 cm³/mol. The summed E-state index contributed by atoms with van der Waals surface area (Å²) in [6.45, 7) is 3.32. The summed E-state index contributed by atoms with van der Waals surface area (Å²) in [6, 6.07) is 1.69. The van der Waals surface area contributed by atoms with Crippen LogP contribution in [0.5, 0.6) is 0 Å². The number of hydrogen-bond acceptors (Lipinski definition) is 3. The third-order valence-electron chi connectivity index (χ3n) is 2.38. The maximum atomic E-state index is 13.8. The molecule has 6 heteroatoms. The average Bonchev–Trinajstić information content (AvgIpc) is 2.85. The topological polar surface area (TPSA) is 34.9 Å². The highest BCUT2D eigenvalue weighted by Gasteiger charge is 2.24. The Hall–Kier alpha value is -1.20. The number of carbonyl (C=O) groups excluding carboxylic acids is 1. The molecule has 0 aliphatic carbocycles. The van der Waals surface area contributed by atoms with Crippen LogP contribution in [0.4, 0.5) is 4.39 Å². The number of carbonyl (C=O) groups is 1. The van der Waals surface area contributed by atoms with Gasteiger partial charge in [0.25, 0.3) is 0 Å². The number of nitrogens with zero attached hydrogens (tertiary/aromatic N) is 2. The molecule has 0 fully saturated rings. The molecule has 2 rings (SSSR count). The van der Waals surface area contributed by atoms with Crippen molar-refractivity contribution in [3.63, 3.8) is 0 Å². The van der Waals surface area contributed by atoms with Crippen LogP contribution in [0.1, 0.15) is 13.8 Å². The van der Waals surface area contributed by atoms with Gasteiger partial charge in [-0.15, -0.1) is 11.3 Å². The molecule has 2 heterocycles. The fourth-order valence-corrected chi connectivity index (χ4v) is 2.45. The van der Waals surface area contributed by atoms with Crippen LogP contribution in [0.2, 0.25) is 5.02 Å². The quantitative estimate of drug-likeness (QED) is 0.803. The van der Waals surface area contributed by atoms with E-state index in [9.17, 15) is 9.18 Å². The van der Waals surface area contributed by atoms with Crippen molar-refractivity contribution in [1.82, 2.24) is 9.78 Å². The van der Waals surface area contributed by atoms with E-state index in [0.717, 1.165) is 6.29 Å². The Morgan fingerprint density at radius 2 is 2.29 bits per heavy atom. The van der Waals surface area contributed by atoms with E-state index < -0.39 is 11.4 Å². The fraction of sp³-hybridized carbons (Fsp3) is 0.273. The fourth-order valence-electron chi connectivity index (χ4n) is 1.32. The first kappa shape index (κ1) is 12.3. The number of rotatable bonds is 3. The Morgan fingerprint density at radius 3 is 2.82 bits per heavy atom. The van der Waals surface area contributed by atoms with Crippen molar-refractivity contribution in [2.75, 3.05) is 0 Å². The lowest BCUT2D eigenvalue weighted by molar-refractivity contribution is -0.114. The molecule has 17 heavy (non-hydrogen) atoms. The van der Waals surface area contributed by atoms with E-state index in [-0.39, 0.29) is 5.69 Å². The van der Waals surface area contributed by atoms with Crippen molar-refractivity contribution in [2.45, 2.75) is 19.4 Å². The maximum absolute atomic E-state index is 13.8. The van der Waals surface area contributed by atoms with E-state index in [1.807, 2.05) is 0 Å². The van der Waals surface area contributed by atoms with Gasteiger partial charge in [-0.2, -0.15) is 5.10 Å². The van der Waals surface area contributed by atoms with Crippen molar-refractivity contribution in [3.8, 4) is 10.6 Å². The minimum Gasteiger partial charge on any atom is -0.301 e. The molecule has 0 atom stereocenters. The largest absolute Gasteiger partial charge is 0.301 e. The first-order chi connectivity index (χ1) is 7.95. The third kappa shape index (κ3) is 2.12. The zero-order valence-corrected chi connectivity index (χ0v) is 10.8. The number of hydrogen-bond donors (Lipinski definition) is 0. The summed E-state index contributed by atoms with van der Waals surface area (Å²) in [5.74, 6) is -0.482. The molecule has 0 amide bonds. The first-order valence-electron chi connectivity index (χ1n) is 4.91. The Bertz CT molecular complexity index is 562. The van der Waals surface area contributed by atoms with Gasteiger partial charge < -0.3 is 4.79 Å². The number of halogens is 2. The minimum absolute atomic E-state index is 0.180. The molecule has 0 aliphatic heterocycles. The van der Waals surface area contributed by atoms with Crippen LogP contribution in [0, 0.1) is 5.82 Å². The molecule has 0 radical (unpaired) electrons. The molecule has 0 aromatic carbocycles. The van der Waals surface area contributed by atoms with Gasteiger partial charge in [0.15, 0.2) is 5.82 Å². The summed E-state index contributed by atoms with van der Waals surface area (Å²) in [6.07, 6.45) is 1.93. The standard InChI is InChI=1S/C11H10ClFN2OS/c1-11(2,6-16)15-5-8(13)9(14-15)10-7(12)3-4-17-10/h3-6H,1-2H3. The molecule has 0 saturated heterocycles. The molecule has 90 valence electrons. The Balaban J connectivity index is 2.52. The van der Waals surface area contributed by atoms with E-state index in [1.54, 1.807) is 25.3 Å². The molecule has 0 saturated carbocycles. The SMILES string of the molecule is CC(C)(C=O)n1cc(F)c(-c2sccc2Cl)n1. The van der Waals surface area contributed by atoms with Gasteiger partial charge in [0.05, 0.1) is 16.1 Å². The van der Waals surface area contributed by atoms with Gasteiger partial charge in [0.1, 0.15) is 17.5 Å². The number of thiophene rings is 1.